The Morgan fingerprint density at radius 2 is 2.13 bits per heavy atom. The Morgan fingerprint density at radius 1 is 1.35 bits per heavy atom. The topological polar surface area (TPSA) is 70.4 Å². The second-order valence-corrected chi connectivity index (χ2v) is 5.72. The number of hydrogen-bond donors (Lipinski definition) is 2. The minimum Gasteiger partial charge on any atom is -0.494 e. The summed E-state index contributed by atoms with van der Waals surface area (Å²) in [6.07, 6.45) is 6.66. The number of aryl methyl sites for hydroxylation is 2. The summed E-state index contributed by atoms with van der Waals surface area (Å²) < 4.78 is 1.60. The molecular weight excluding hydrogens is 310 g/mol. The van der Waals surface area contributed by atoms with E-state index in [2.05, 4.69) is 9.98 Å². The molecule has 1 aromatic heterocycles. The van der Waals surface area contributed by atoms with E-state index in [9.17, 15) is 9.90 Å². The zero-order valence-electron chi connectivity index (χ0n) is 12.7. The minimum absolute atomic E-state index is 0.122. The van der Waals surface area contributed by atoms with Crippen molar-refractivity contribution in [2.45, 2.75) is 13.8 Å². The van der Waals surface area contributed by atoms with Crippen molar-refractivity contribution >= 4 is 24.5 Å². The van der Waals surface area contributed by atoms with Gasteiger partial charge in [0.2, 0.25) is 5.88 Å². The molecule has 0 fully saturated rings. The summed E-state index contributed by atoms with van der Waals surface area (Å²) in [5.74, 6) is -0.200. The molecule has 3 rings (SSSR count). The second-order valence-electron chi connectivity index (χ2n) is 5.33. The lowest BCUT2D eigenvalue weighted by Gasteiger charge is -2.14. The Morgan fingerprint density at radius 3 is 2.78 bits per heavy atom. The molecule has 0 bridgehead atoms. The Hall–Kier alpha value is -2.73. The van der Waals surface area contributed by atoms with E-state index < -0.39 is 5.56 Å². The number of nitrogens with zero attached hydrogens (tertiary/aromatic N) is 2. The van der Waals surface area contributed by atoms with E-state index in [0.29, 0.717) is 5.70 Å². The van der Waals surface area contributed by atoms with Crippen molar-refractivity contribution in [2.24, 2.45) is 4.99 Å². The summed E-state index contributed by atoms with van der Waals surface area (Å²) >= 11 is 5.23. The first-order valence-corrected chi connectivity index (χ1v) is 7.46. The number of aromatic nitrogens is 2. The second kappa shape index (κ2) is 5.81. The zero-order valence-corrected chi connectivity index (χ0v) is 13.5. The number of H-pyrrole nitrogens is 1. The highest BCUT2D eigenvalue weighted by Gasteiger charge is 2.14. The molecule has 1 aliphatic heterocycles. The largest absolute Gasteiger partial charge is 0.494 e. The standard InChI is InChI=1S/C17H15N3O2S/c1-10-5-6-14(11(2)8-10)20-16(22)13(15(21)19-17(20)23)9-12-4-3-7-18-12/h3-9,22H,1-2H3,(H,19,21,23). The summed E-state index contributed by atoms with van der Waals surface area (Å²) in [6.45, 7) is 3.92. The number of allylic oxidation sites excluding steroid dienone is 2. The predicted molar refractivity (Wildman–Crippen MR) is 94.0 cm³/mol. The smallest absolute Gasteiger partial charge is 0.262 e. The first-order chi connectivity index (χ1) is 11.0. The highest BCUT2D eigenvalue weighted by atomic mass is 32.1. The van der Waals surface area contributed by atoms with Gasteiger partial charge in [-0.05, 0) is 55.9 Å². The van der Waals surface area contributed by atoms with Gasteiger partial charge in [0.05, 0.1) is 11.4 Å². The van der Waals surface area contributed by atoms with E-state index in [1.54, 1.807) is 18.4 Å². The van der Waals surface area contributed by atoms with Gasteiger partial charge < -0.3 is 5.11 Å². The quantitative estimate of drug-likeness (QED) is 0.833. The van der Waals surface area contributed by atoms with Crippen LogP contribution in [0.5, 0.6) is 5.88 Å². The van der Waals surface area contributed by atoms with Crippen LogP contribution in [0.25, 0.3) is 11.8 Å². The van der Waals surface area contributed by atoms with Gasteiger partial charge in [0.1, 0.15) is 5.56 Å². The fourth-order valence-electron chi connectivity index (χ4n) is 2.50. The predicted octanol–water partition coefficient (Wildman–Crippen LogP) is 3.20. The molecule has 0 saturated heterocycles. The maximum Gasteiger partial charge on any atom is 0.262 e. The highest BCUT2D eigenvalue weighted by Crippen LogP contribution is 2.25. The van der Waals surface area contributed by atoms with E-state index in [1.165, 1.54) is 10.6 Å². The highest BCUT2D eigenvalue weighted by molar-refractivity contribution is 7.71. The SMILES string of the molecule is Cc1ccc(-n2c(O)c(C=C3C=CC=N3)c(=O)[nH]c2=S)c(C)c1. The van der Waals surface area contributed by atoms with Crippen LogP contribution < -0.4 is 5.56 Å². The molecular formula is C17H15N3O2S. The molecule has 0 saturated carbocycles. The normalized spacial score (nSPS) is 14.8. The van der Waals surface area contributed by atoms with Crippen molar-refractivity contribution in [1.29, 1.82) is 0 Å². The van der Waals surface area contributed by atoms with Crippen LogP contribution in [0.15, 0.2) is 45.8 Å². The van der Waals surface area contributed by atoms with Crippen molar-refractivity contribution in [3.05, 3.63) is 67.9 Å². The van der Waals surface area contributed by atoms with Crippen LogP contribution in [0.4, 0.5) is 0 Å². The van der Waals surface area contributed by atoms with Crippen LogP contribution in [0.1, 0.15) is 16.7 Å². The molecule has 116 valence electrons. The molecule has 0 amide bonds. The Labute approximate surface area is 138 Å². The number of benzene rings is 1. The van der Waals surface area contributed by atoms with Gasteiger partial charge in [-0.3, -0.25) is 19.3 Å². The van der Waals surface area contributed by atoms with Gasteiger partial charge in [0.25, 0.3) is 5.56 Å². The van der Waals surface area contributed by atoms with Crippen molar-refractivity contribution in [3.8, 4) is 11.6 Å². The molecule has 1 aliphatic rings. The van der Waals surface area contributed by atoms with Crippen LogP contribution in [-0.2, 0) is 0 Å². The average Bonchev–Trinajstić information content (AvgIpc) is 2.98. The molecule has 0 spiro atoms. The number of aromatic amines is 1. The van der Waals surface area contributed by atoms with Crippen LogP contribution in [0, 0.1) is 18.6 Å². The third kappa shape index (κ3) is 2.80. The van der Waals surface area contributed by atoms with E-state index in [1.807, 2.05) is 32.0 Å². The van der Waals surface area contributed by atoms with Gasteiger partial charge in [0.15, 0.2) is 4.77 Å². The number of rotatable bonds is 2. The van der Waals surface area contributed by atoms with Gasteiger partial charge >= 0.3 is 0 Å². The van der Waals surface area contributed by atoms with E-state index in [0.717, 1.165) is 16.8 Å². The summed E-state index contributed by atoms with van der Waals surface area (Å²) in [5, 5.41) is 10.6. The van der Waals surface area contributed by atoms with Crippen molar-refractivity contribution in [1.82, 2.24) is 9.55 Å². The molecule has 6 heteroatoms. The average molecular weight is 325 g/mol. The van der Waals surface area contributed by atoms with E-state index >= 15 is 0 Å². The van der Waals surface area contributed by atoms with Crippen LogP contribution in [0.3, 0.4) is 0 Å². The van der Waals surface area contributed by atoms with Crippen LogP contribution in [0.2, 0.25) is 0 Å². The molecule has 23 heavy (non-hydrogen) atoms. The molecule has 1 aromatic carbocycles. The third-order valence-electron chi connectivity index (χ3n) is 3.58. The van der Waals surface area contributed by atoms with Gasteiger partial charge in [-0.15, -0.1) is 0 Å². The molecule has 0 unspecified atom stereocenters. The van der Waals surface area contributed by atoms with Crippen molar-refractivity contribution in [2.75, 3.05) is 0 Å². The minimum atomic E-state index is -0.448. The monoisotopic (exact) mass is 325 g/mol. The molecule has 5 nitrogen and oxygen atoms in total. The van der Waals surface area contributed by atoms with Gasteiger partial charge in [-0.1, -0.05) is 17.7 Å². The first kappa shape index (κ1) is 15.2. The number of aliphatic imine (C=N–C) groups is 1. The summed E-state index contributed by atoms with van der Waals surface area (Å²) in [6, 6.07) is 5.78. The molecule has 0 atom stereocenters. The molecule has 2 aromatic rings. The van der Waals surface area contributed by atoms with Crippen LogP contribution >= 0.6 is 12.2 Å². The fraction of sp³-hybridized carbons (Fsp3) is 0.118. The molecule has 0 radical (unpaired) electrons. The van der Waals surface area contributed by atoms with Crippen molar-refractivity contribution < 1.29 is 5.11 Å². The molecule has 2 heterocycles. The molecule has 0 aliphatic carbocycles. The number of nitrogens with one attached hydrogen (secondary N) is 1. The van der Waals surface area contributed by atoms with Gasteiger partial charge in [-0.25, -0.2) is 0 Å². The first-order valence-electron chi connectivity index (χ1n) is 7.06. The fourth-order valence-corrected chi connectivity index (χ4v) is 2.77. The third-order valence-corrected chi connectivity index (χ3v) is 3.87. The summed E-state index contributed by atoms with van der Waals surface area (Å²) in [5.41, 5.74) is 3.04. The Kier molecular flexibility index (Phi) is 3.83. The van der Waals surface area contributed by atoms with Gasteiger partial charge in [-0.2, -0.15) is 0 Å². The zero-order chi connectivity index (χ0) is 16.6. The Bertz CT molecular complexity index is 980. The maximum atomic E-state index is 12.2. The number of aromatic hydroxyl groups is 1. The van der Waals surface area contributed by atoms with Gasteiger partial charge in [0, 0.05) is 6.21 Å². The van der Waals surface area contributed by atoms with Crippen LogP contribution in [-0.4, -0.2) is 20.9 Å². The summed E-state index contributed by atoms with van der Waals surface area (Å²) in [7, 11) is 0. The lowest BCUT2D eigenvalue weighted by molar-refractivity contribution is 0.431. The van der Waals surface area contributed by atoms with Crippen molar-refractivity contribution in [3.63, 3.8) is 0 Å². The molecule has 2 N–H and O–H groups in total. The van der Waals surface area contributed by atoms with E-state index in [4.69, 9.17) is 12.2 Å². The maximum absolute atomic E-state index is 12.2. The number of hydrogen-bond acceptors (Lipinski definition) is 4. The summed E-state index contributed by atoms with van der Waals surface area (Å²) in [4.78, 5) is 18.9. The lowest BCUT2D eigenvalue weighted by Crippen LogP contribution is -2.16. The van der Waals surface area contributed by atoms with E-state index in [-0.39, 0.29) is 16.2 Å². The lowest BCUT2D eigenvalue weighted by atomic mass is 10.1. The Balaban J connectivity index is 2.28.